The highest BCUT2D eigenvalue weighted by molar-refractivity contribution is 7.80. The van der Waals surface area contributed by atoms with E-state index in [4.69, 9.17) is 17.0 Å². The number of aromatic nitrogens is 1. The highest BCUT2D eigenvalue weighted by Crippen LogP contribution is 2.19. The molecule has 4 rings (SSSR count). The number of para-hydroxylation sites is 1. The number of aromatic amines is 1. The number of nitrogens with one attached hydrogen (secondary N) is 2. The molecule has 0 fully saturated rings. The minimum Gasteiger partial charge on any atom is -0.465 e. The highest BCUT2D eigenvalue weighted by atomic mass is 32.1. The van der Waals surface area contributed by atoms with Crippen LogP contribution in [0.2, 0.25) is 0 Å². The molecule has 0 aliphatic heterocycles. The fourth-order valence-corrected chi connectivity index (χ4v) is 4.01. The van der Waals surface area contributed by atoms with E-state index in [1.54, 1.807) is 41.3 Å². The Bertz CT molecular complexity index is 1450. The predicted octanol–water partition coefficient (Wildman–Crippen LogP) is 5.16. The van der Waals surface area contributed by atoms with Crippen molar-refractivity contribution >= 4 is 39.9 Å². The van der Waals surface area contributed by atoms with Gasteiger partial charge in [-0.25, -0.2) is 9.18 Å². The Hall–Kier alpha value is -4.04. The van der Waals surface area contributed by atoms with Crippen LogP contribution in [-0.2, 0) is 17.8 Å². The molecule has 0 saturated heterocycles. The monoisotopic (exact) mass is 489 g/mol. The molecule has 0 unspecified atom stereocenters. The van der Waals surface area contributed by atoms with Crippen molar-refractivity contribution in [2.45, 2.75) is 20.0 Å². The van der Waals surface area contributed by atoms with E-state index in [9.17, 15) is 14.0 Å². The minimum absolute atomic E-state index is 0.197. The van der Waals surface area contributed by atoms with Crippen molar-refractivity contribution in [2.24, 2.45) is 0 Å². The number of anilines is 1. The average Bonchev–Trinajstić information content (AvgIpc) is 2.85. The molecule has 2 N–H and O–H groups in total. The topological polar surface area (TPSA) is 74.4 Å². The molecule has 1 aromatic heterocycles. The number of benzene rings is 3. The number of halogens is 1. The Morgan fingerprint density at radius 2 is 1.80 bits per heavy atom. The lowest BCUT2D eigenvalue weighted by atomic mass is 10.1. The molecule has 4 aromatic rings. The van der Waals surface area contributed by atoms with Gasteiger partial charge >= 0.3 is 5.97 Å². The largest absolute Gasteiger partial charge is 0.465 e. The molecule has 1 heterocycles. The van der Waals surface area contributed by atoms with Crippen LogP contribution < -0.4 is 10.9 Å². The Kier molecular flexibility index (Phi) is 7.22. The van der Waals surface area contributed by atoms with Crippen LogP contribution in [0.5, 0.6) is 0 Å². The first-order valence-corrected chi connectivity index (χ1v) is 11.3. The number of thiocarbonyl (C=S) groups is 1. The van der Waals surface area contributed by atoms with E-state index in [1.807, 2.05) is 31.2 Å². The number of hydrogen-bond donors (Lipinski definition) is 2. The number of aryl methyl sites for hydroxylation is 1. The van der Waals surface area contributed by atoms with Crippen LogP contribution in [0, 0.1) is 12.7 Å². The standard InChI is InChI=1S/C27H24FN3O3S/c1-17-7-10-19-14-20(25(32)29-24(19)13-17)16-31(15-18-8-11-21(28)12-9-18)27(35)30-23-6-4-3-5-22(23)26(33)34-2/h3-14H,15-16H2,1-2H3,(H,29,32)(H,30,35). The summed E-state index contributed by atoms with van der Waals surface area (Å²) in [5, 5.41) is 4.32. The second kappa shape index (κ2) is 10.5. The number of rotatable bonds is 6. The summed E-state index contributed by atoms with van der Waals surface area (Å²) in [5.41, 5.74) is 3.74. The van der Waals surface area contributed by atoms with Crippen LogP contribution in [0.4, 0.5) is 10.1 Å². The maximum atomic E-state index is 13.5. The number of carbonyl (C=O) groups is 1. The molecule has 0 spiro atoms. The summed E-state index contributed by atoms with van der Waals surface area (Å²) in [6, 6.07) is 20.7. The fourth-order valence-electron chi connectivity index (χ4n) is 3.77. The quantitative estimate of drug-likeness (QED) is 0.288. The first-order valence-electron chi connectivity index (χ1n) is 10.9. The second-order valence-corrected chi connectivity index (χ2v) is 8.55. The maximum Gasteiger partial charge on any atom is 0.339 e. The molecule has 0 aliphatic carbocycles. The Labute approximate surface area is 207 Å². The van der Waals surface area contributed by atoms with Crippen molar-refractivity contribution < 1.29 is 13.9 Å². The number of H-pyrrole nitrogens is 1. The van der Waals surface area contributed by atoms with Crippen LogP contribution >= 0.6 is 12.2 Å². The van der Waals surface area contributed by atoms with Gasteiger partial charge in [-0.3, -0.25) is 4.79 Å². The van der Waals surface area contributed by atoms with Crippen LogP contribution in [-0.4, -0.2) is 28.1 Å². The molecule has 0 bridgehead atoms. The zero-order chi connectivity index (χ0) is 24.9. The van der Waals surface area contributed by atoms with Gasteiger partial charge in [0.2, 0.25) is 0 Å². The molecule has 0 amide bonds. The van der Waals surface area contributed by atoms with Gasteiger partial charge in [-0.05, 0) is 72.1 Å². The zero-order valence-electron chi connectivity index (χ0n) is 19.3. The summed E-state index contributed by atoms with van der Waals surface area (Å²) < 4.78 is 18.3. The maximum absolute atomic E-state index is 13.5. The third-order valence-electron chi connectivity index (χ3n) is 5.59. The van der Waals surface area contributed by atoms with Gasteiger partial charge in [0, 0.05) is 17.6 Å². The number of pyridine rings is 1. The number of hydrogen-bond acceptors (Lipinski definition) is 4. The summed E-state index contributed by atoms with van der Waals surface area (Å²) in [6.45, 7) is 2.48. The molecule has 0 saturated carbocycles. The van der Waals surface area contributed by atoms with Gasteiger partial charge < -0.3 is 19.9 Å². The van der Waals surface area contributed by atoms with Gasteiger partial charge in [-0.15, -0.1) is 0 Å². The van der Waals surface area contributed by atoms with Crippen LogP contribution in [0.25, 0.3) is 10.9 Å². The van der Waals surface area contributed by atoms with Gasteiger partial charge in [0.05, 0.1) is 24.9 Å². The summed E-state index contributed by atoms with van der Waals surface area (Å²) >= 11 is 5.70. The number of methoxy groups -OCH3 is 1. The number of nitrogens with zero attached hydrogens (tertiary/aromatic N) is 1. The summed E-state index contributed by atoms with van der Waals surface area (Å²) in [6.07, 6.45) is 0. The lowest BCUT2D eigenvalue weighted by Crippen LogP contribution is -2.36. The first-order chi connectivity index (χ1) is 16.8. The van der Waals surface area contributed by atoms with E-state index >= 15 is 0 Å². The highest BCUT2D eigenvalue weighted by Gasteiger charge is 2.18. The molecule has 0 radical (unpaired) electrons. The Morgan fingerprint density at radius 3 is 2.54 bits per heavy atom. The summed E-state index contributed by atoms with van der Waals surface area (Å²) in [7, 11) is 1.31. The molecule has 3 aromatic carbocycles. The third-order valence-corrected chi connectivity index (χ3v) is 5.95. The van der Waals surface area contributed by atoms with Gasteiger partial charge in [0.1, 0.15) is 5.82 Å². The van der Waals surface area contributed by atoms with Crippen LogP contribution in [0.3, 0.4) is 0 Å². The van der Waals surface area contributed by atoms with Gasteiger partial charge in [-0.1, -0.05) is 36.4 Å². The third kappa shape index (κ3) is 5.73. The van der Waals surface area contributed by atoms with Crippen LogP contribution in [0.15, 0.2) is 77.6 Å². The SMILES string of the molecule is COC(=O)c1ccccc1NC(=S)N(Cc1ccc(F)cc1)Cc1cc2ccc(C)cc2[nH]c1=O. The molecule has 35 heavy (non-hydrogen) atoms. The molecule has 0 aliphatic rings. The van der Waals surface area contributed by atoms with Crippen molar-refractivity contribution in [3.05, 3.63) is 111 Å². The van der Waals surface area contributed by atoms with E-state index < -0.39 is 5.97 Å². The van der Waals surface area contributed by atoms with Crippen molar-refractivity contribution in [1.82, 2.24) is 9.88 Å². The summed E-state index contributed by atoms with van der Waals surface area (Å²) in [5.74, 6) is -0.837. The number of esters is 1. The van der Waals surface area contributed by atoms with E-state index in [0.29, 0.717) is 28.5 Å². The normalized spacial score (nSPS) is 10.7. The molecule has 0 atom stereocenters. The molecule has 178 valence electrons. The second-order valence-electron chi connectivity index (χ2n) is 8.16. The van der Waals surface area contributed by atoms with E-state index in [2.05, 4.69) is 10.3 Å². The van der Waals surface area contributed by atoms with Crippen molar-refractivity contribution in [3.63, 3.8) is 0 Å². The number of ether oxygens (including phenoxy) is 1. The van der Waals surface area contributed by atoms with Gasteiger partial charge in [0.25, 0.3) is 5.56 Å². The molecular weight excluding hydrogens is 465 g/mol. The zero-order valence-corrected chi connectivity index (χ0v) is 20.1. The average molecular weight is 490 g/mol. The lowest BCUT2D eigenvalue weighted by molar-refractivity contribution is 0.0602. The number of fused-ring (bicyclic) bond motifs is 1. The van der Waals surface area contributed by atoms with Crippen molar-refractivity contribution in [2.75, 3.05) is 12.4 Å². The van der Waals surface area contributed by atoms with E-state index in [-0.39, 0.29) is 17.9 Å². The minimum atomic E-state index is -0.498. The first kappa shape index (κ1) is 24.1. The molecule has 6 nitrogen and oxygen atoms in total. The molecule has 8 heteroatoms. The number of carbonyl (C=O) groups excluding carboxylic acids is 1. The molecular formula is C27H24FN3O3S. The Morgan fingerprint density at radius 1 is 1.06 bits per heavy atom. The smallest absolute Gasteiger partial charge is 0.339 e. The Balaban J connectivity index is 1.67. The van der Waals surface area contributed by atoms with Crippen LogP contribution in [0.1, 0.15) is 27.0 Å². The van der Waals surface area contributed by atoms with Gasteiger partial charge in [-0.2, -0.15) is 0 Å². The van der Waals surface area contributed by atoms with Gasteiger partial charge in [0.15, 0.2) is 5.11 Å². The lowest BCUT2D eigenvalue weighted by Gasteiger charge is -2.26. The van der Waals surface area contributed by atoms with E-state index in [0.717, 1.165) is 22.0 Å². The van der Waals surface area contributed by atoms with Crippen molar-refractivity contribution in [3.8, 4) is 0 Å². The van der Waals surface area contributed by atoms with E-state index in [1.165, 1.54) is 19.2 Å². The predicted molar refractivity (Wildman–Crippen MR) is 139 cm³/mol. The summed E-state index contributed by atoms with van der Waals surface area (Å²) in [4.78, 5) is 29.8. The van der Waals surface area contributed by atoms with Crippen molar-refractivity contribution in [1.29, 1.82) is 0 Å². The fraction of sp³-hybridized carbons (Fsp3) is 0.148.